The molecule has 0 saturated carbocycles. The molecule has 0 radical (unpaired) electrons. The van der Waals surface area contributed by atoms with Crippen LogP contribution in [0.1, 0.15) is 13.8 Å². The second-order valence-electron chi connectivity index (χ2n) is 3.73. The van der Waals surface area contributed by atoms with Crippen LogP contribution < -0.4 is 10.6 Å². The van der Waals surface area contributed by atoms with Crippen molar-refractivity contribution >= 4 is 12.0 Å². The van der Waals surface area contributed by atoms with Crippen LogP contribution in [0, 0.1) is 0 Å². The van der Waals surface area contributed by atoms with E-state index in [1.165, 1.54) is 6.92 Å². The second kappa shape index (κ2) is 6.23. The third-order valence-electron chi connectivity index (χ3n) is 2.16. The van der Waals surface area contributed by atoms with Crippen LogP contribution in [0.5, 0.6) is 0 Å². The zero-order valence-corrected chi connectivity index (χ0v) is 9.57. The van der Waals surface area contributed by atoms with Crippen LogP contribution in [0.15, 0.2) is 0 Å². The molecule has 0 aliphatic rings. The normalized spacial score (nSPS) is 14.5. The first kappa shape index (κ1) is 13.7. The van der Waals surface area contributed by atoms with Gasteiger partial charge >= 0.3 is 12.0 Å². The highest BCUT2D eigenvalue weighted by Crippen LogP contribution is 1.88. The highest BCUT2D eigenvalue weighted by Gasteiger charge is 2.14. The molecule has 88 valence electrons. The summed E-state index contributed by atoms with van der Waals surface area (Å²) in [7, 11) is 3.81. The summed E-state index contributed by atoms with van der Waals surface area (Å²) < 4.78 is 0. The molecule has 6 nitrogen and oxygen atoms in total. The van der Waals surface area contributed by atoms with E-state index in [0.717, 1.165) is 0 Å². The highest BCUT2D eigenvalue weighted by atomic mass is 16.4. The molecule has 0 bridgehead atoms. The molecule has 0 aliphatic heterocycles. The largest absolute Gasteiger partial charge is 0.480 e. The van der Waals surface area contributed by atoms with Crippen molar-refractivity contribution in [3.63, 3.8) is 0 Å². The van der Waals surface area contributed by atoms with Crippen LogP contribution in [-0.2, 0) is 4.79 Å². The van der Waals surface area contributed by atoms with Crippen LogP contribution in [-0.4, -0.2) is 54.7 Å². The van der Waals surface area contributed by atoms with Crippen LogP contribution in [0.2, 0.25) is 0 Å². The number of likely N-dealkylation sites (N-methyl/N-ethyl adjacent to an activating group) is 1. The molecule has 2 amide bonds. The first-order valence-corrected chi connectivity index (χ1v) is 4.78. The van der Waals surface area contributed by atoms with Gasteiger partial charge < -0.3 is 20.6 Å². The zero-order valence-electron chi connectivity index (χ0n) is 9.57. The van der Waals surface area contributed by atoms with Gasteiger partial charge in [-0.1, -0.05) is 0 Å². The summed E-state index contributed by atoms with van der Waals surface area (Å²) in [6, 6.07) is -1.13. The summed E-state index contributed by atoms with van der Waals surface area (Å²) in [5.74, 6) is -1.05. The molecule has 0 aromatic carbocycles. The molecule has 0 aliphatic carbocycles. The molecule has 2 atom stereocenters. The van der Waals surface area contributed by atoms with E-state index in [1.54, 1.807) is 0 Å². The molecule has 0 rings (SSSR count). The lowest BCUT2D eigenvalue weighted by molar-refractivity contribution is -0.138. The Bertz CT molecular complexity index is 231. The van der Waals surface area contributed by atoms with Gasteiger partial charge in [-0.15, -0.1) is 0 Å². The van der Waals surface area contributed by atoms with Crippen LogP contribution in [0.4, 0.5) is 4.79 Å². The average Bonchev–Trinajstić information content (AvgIpc) is 2.13. The first-order valence-electron chi connectivity index (χ1n) is 4.78. The molecule has 0 heterocycles. The number of hydrogen-bond acceptors (Lipinski definition) is 3. The predicted octanol–water partition coefficient (Wildman–Crippen LogP) is -0.291. The Hall–Kier alpha value is -1.30. The third kappa shape index (κ3) is 5.90. The number of hydrogen-bond donors (Lipinski definition) is 3. The highest BCUT2D eigenvalue weighted by molar-refractivity contribution is 5.82. The minimum absolute atomic E-state index is 0.205. The SMILES string of the molecule is CC(NC(=O)NCC(C)N(C)C)C(=O)O. The third-order valence-corrected chi connectivity index (χ3v) is 2.16. The van der Waals surface area contributed by atoms with Crippen molar-refractivity contribution in [1.82, 2.24) is 15.5 Å². The molecular weight excluding hydrogens is 198 g/mol. The molecule has 0 aromatic heterocycles. The van der Waals surface area contributed by atoms with E-state index in [0.29, 0.717) is 6.54 Å². The number of urea groups is 1. The van der Waals surface area contributed by atoms with Gasteiger partial charge in [0.2, 0.25) is 0 Å². The van der Waals surface area contributed by atoms with E-state index < -0.39 is 18.0 Å². The Morgan fingerprint density at radius 3 is 2.27 bits per heavy atom. The number of nitrogens with zero attached hydrogens (tertiary/aromatic N) is 1. The van der Waals surface area contributed by atoms with Crippen molar-refractivity contribution < 1.29 is 14.7 Å². The van der Waals surface area contributed by atoms with Crippen molar-refractivity contribution in [3.05, 3.63) is 0 Å². The van der Waals surface area contributed by atoms with E-state index in [-0.39, 0.29) is 6.04 Å². The van der Waals surface area contributed by atoms with Gasteiger partial charge in [0.15, 0.2) is 0 Å². The topological polar surface area (TPSA) is 81.7 Å². The van der Waals surface area contributed by atoms with Crippen LogP contribution >= 0.6 is 0 Å². The van der Waals surface area contributed by atoms with E-state index in [4.69, 9.17) is 5.11 Å². The van der Waals surface area contributed by atoms with Gasteiger partial charge in [-0.3, -0.25) is 4.79 Å². The molecule has 0 spiro atoms. The molecule has 0 aromatic rings. The van der Waals surface area contributed by atoms with Gasteiger partial charge in [0.25, 0.3) is 0 Å². The summed E-state index contributed by atoms with van der Waals surface area (Å²) in [6.07, 6.45) is 0. The predicted molar refractivity (Wildman–Crippen MR) is 56.8 cm³/mol. The van der Waals surface area contributed by atoms with Crippen molar-refractivity contribution in [2.75, 3.05) is 20.6 Å². The number of amides is 2. The summed E-state index contributed by atoms with van der Waals surface area (Å²) in [6.45, 7) is 3.85. The van der Waals surface area contributed by atoms with Gasteiger partial charge in [-0.2, -0.15) is 0 Å². The molecule has 2 unspecified atom stereocenters. The number of aliphatic carboxylic acids is 1. The first-order chi connectivity index (χ1) is 6.84. The van der Waals surface area contributed by atoms with Gasteiger partial charge in [0, 0.05) is 12.6 Å². The fraction of sp³-hybridized carbons (Fsp3) is 0.778. The summed E-state index contributed by atoms with van der Waals surface area (Å²) >= 11 is 0. The van der Waals surface area contributed by atoms with Gasteiger partial charge in [-0.05, 0) is 27.9 Å². The lowest BCUT2D eigenvalue weighted by Gasteiger charge is -2.20. The minimum atomic E-state index is -1.05. The quantitative estimate of drug-likeness (QED) is 0.591. The summed E-state index contributed by atoms with van der Waals surface area (Å²) in [4.78, 5) is 23.6. The smallest absolute Gasteiger partial charge is 0.325 e. The molecular formula is C9H19N3O3. The Morgan fingerprint density at radius 1 is 1.33 bits per heavy atom. The summed E-state index contributed by atoms with van der Waals surface area (Å²) in [5, 5.41) is 13.4. The van der Waals surface area contributed by atoms with Crippen molar-refractivity contribution in [1.29, 1.82) is 0 Å². The van der Waals surface area contributed by atoms with Crippen LogP contribution in [0.3, 0.4) is 0 Å². The zero-order chi connectivity index (χ0) is 12.0. The fourth-order valence-corrected chi connectivity index (χ4v) is 0.732. The lowest BCUT2D eigenvalue weighted by Crippen LogP contribution is -2.47. The molecule has 0 saturated heterocycles. The molecule has 0 fully saturated rings. The Balaban J connectivity index is 3.80. The number of carboxylic acids is 1. The Kier molecular flexibility index (Phi) is 5.69. The monoisotopic (exact) mass is 217 g/mol. The minimum Gasteiger partial charge on any atom is -0.480 e. The van der Waals surface area contributed by atoms with Crippen LogP contribution in [0.25, 0.3) is 0 Å². The number of carbonyl (C=O) groups excluding carboxylic acids is 1. The van der Waals surface area contributed by atoms with Gasteiger partial charge in [0.05, 0.1) is 0 Å². The molecule has 3 N–H and O–H groups in total. The maximum atomic E-state index is 11.2. The van der Waals surface area contributed by atoms with Gasteiger partial charge in [0.1, 0.15) is 6.04 Å². The van der Waals surface area contributed by atoms with Crippen molar-refractivity contribution in [3.8, 4) is 0 Å². The van der Waals surface area contributed by atoms with Crippen molar-refractivity contribution in [2.45, 2.75) is 25.9 Å². The lowest BCUT2D eigenvalue weighted by atomic mass is 10.3. The van der Waals surface area contributed by atoms with Crippen molar-refractivity contribution in [2.24, 2.45) is 0 Å². The number of rotatable bonds is 5. The Labute approximate surface area is 89.6 Å². The van der Waals surface area contributed by atoms with E-state index in [9.17, 15) is 9.59 Å². The van der Waals surface area contributed by atoms with E-state index >= 15 is 0 Å². The number of carbonyl (C=O) groups is 2. The standard InChI is InChI=1S/C9H19N3O3/c1-6(12(3)4)5-10-9(15)11-7(2)8(13)14/h6-7H,5H2,1-4H3,(H,13,14)(H2,10,11,15). The van der Waals surface area contributed by atoms with Gasteiger partial charge in [-0.25, -0.2) is 4.79 Å². The Morgan fingerprint density at radius 2 is 1.87 bits per heavy atom. The fourth-order valence-electron chi connectivity index (χ4n) is 0.732. The maximum absolute atomic E-state index is 11.2. The molecule has 6 heteroatoms. The summed E-state index contributed by atoms with van der Waals surface area (Å²) in [5.41, 5.74) is 0. The number of nitrogens with one attached hydrogen (secondary N) is 2. The maximum Gasteiger partial charge on any atom is 0.325 e. The molecule has 15 heavy (non-hydrogen) atoms. The number of carboxylic acid groups (broad SMARTS) is 1. The van der Waals surface area contributed by atoms with E-state index in [1.807, 2.05) is 25.9 Å². The average molecular weight is 217 g/mol. The van der Waals surface area contributed by atoms with E-state index in [2.05, 4.69) is 10.6 Å². The second-order valence-corrected chi connectivity index (χ2v) is 3.73.